The molecule has 2 aromatic rings. The molecule has 1 N–H and O–H groups in total. The van der Waals surface area contributed by atoms with Gasteiger partial charge in [0.1, 0.15) is 6.61 Å². The number of nitrogens with zero attached hydrogens (tertiary/aromatic N) is 1. The Balaban J connectivity index is 2.05. The van der Waals surface area contributed by atoms with E-state index in [-0.39, 0.29) is 11.9 Å². The molecular weight excluding hydrogens is 304 g/mol. The number of rotatable bonds is 6. The molecule has 0 heterocycles. The smallest absolute Gasteiger partial charge is 0.292 e. The molecule has 0 saturated carbocycles. The SMILES string of the molecule is COCCOC(=NCc1ccccc1)NC(=O)c1cccc(C)c1. The monoisotopic (exact) mass is 326 g/mol. The van der Waals surface area contributed by atoms with Gasteiger partial charge in [0.25, 0.3) is 11.9 Å². The van der Waals surface area contributed by atoms with Crippen LogP contribution >= 0.6 is 0 Å². The van der Waals surface area contributed by atoms with Gasteiger partial charge in [-0.05, 0) is 24.6 Å². The third kappa shape index (κ3) is 5.85. The standard InChI is InChI=1S/C19H22N2O3/c1-15-7-6-10-17(13-15)18(22)21-19(24-12-11-23-2)20-14-16-8-4-3-5-9-16/h3-10,13H,11-12,14H2,1-2H3,(H,20,21,22). The van der Waals surface area contributed by atoms with Gasteiger partial charge in [-0.25, -0.2) is 4.99 Å². The van der Waals surface area contributed by atoms with Crippen LogP contribution in [-0.2, 0) is 16.0 Å². The van der Waals surface area contributed by atoms with Crippen molar-refractivity contribution in [1.29, 1.82) is 0 Å². The van der Waals surface area contributed by atoms with Crippen molar-refractivity contribution in [3.8, 4) is 0 Å². The third-order valence-electron chi connectivity index (χ3n) is 3.28. The summed E-state index contributed by atoms with van der Waals surface area (Å²) in [5.41, 5.74) is 2.62. The highest BCUT2D eigenvalue weighted by Gasteiger charge is 2.10. The van der Waals surface area contributed by atoms with E-state index in [2.05, 4.69) is 10.3 Å². The Morgan fingerprint density at radius 1 is 1.08 bits per heavy atom. The van der Waals surface area contributed by atoms with Gasteiger partial charge in [-0.3, -0.25) is 10.1 Å². The minimum atomic E-state index is -0.247. The fourth-order valence-corrected chi connectivity index (χ4v) is 2.05. The number of methoxy groups -OCH3 is 1. The van der Waals surface area contributed by atoms with Gasteiger partial charge in [0.2, 0.25) is 0 Å². The summed E-state index contributed by atoms with van der Waals surface area (Å²) in [5.74, 6) is -0.247. The molecule has 2 rings (SSSR count). The number of hydrogen-bond donors (Lipinski definition) is 1. The molecular formula is C19H22N2O3. The van der Waals surface area contributed by atoms with E-state index < -0.39 is 0 Å². The molecule has 0 spiro atoms. The zero-order valence-corrected chi connectivity index (χ0v) is 14.0. The lowest BCUT2D eigenvalue weighted by Gasteiger charge is -2.11. The van der Waals surface area contributed by atoms with Crippen molar-refractivity contribution in [1.82, 2.24) is 5.32 Å². The molecule has 0 radical (unpaired) electrons. The van der Waals surface area contributed by atoms with Crippen LogP contribution in [0.5, 0.6) is 0 Å². The molecule has 0 aliphatic heterocycles. The minimum absolute atomic E-state index is 0.197. The summed E-state index contributed by atoms with van der Waals surface area (Å²) in [6, 6.07) is 17.3. The molecule has 1 amide bonds. The molecule has 5 heteroatoms. The molecule has 0 saturated heterocycles. The van der Waals surface area contributed by atoms with Gasteiger partial charge in [-0.1, -0.05) is 48.0 Å². The fraction of sp³-hybridized carbons (Fsp3) is 0.263. The number of hydrogen-bond acceptors (Lipinski definition) is 4. The summed E-state index contributed by atoms with van der Waals surface area (Å²) in [4.78, 5) is 16.7. The number of carbonyl (C=O) groups is 1. The van der Waals surface area contributed by atoms with E-state index in [1.807, 2.05) is 55.5 Å². The lowest BCUT2D eigenvalue weighted by atomic mass is 10.1. The second kappa shape index (κ2) is 9.47. The molecule has 24 heavy (non-hydrogen) atoms. The molecule has 0 unspecified atom stereocenters. The molecule has 0 aliphatic rings. The summed E-state index contributed by atoms with van der Waals surface area (Å²) in [6.45, 7) is 3.11. The Labute approximate surface area is 142 Å². The Morgan fingerprint density at radius 3 is 2.58 bits per heavy atom. The number of aliphatic imine (C=N–C) groups is 1. The van der Waals surface area contributed by atoms with E-state index in [0.717, 1.165) is 11.1 Å². The van der Waals surface area contributed by atoms with Gasteiger partial charge in [-0.15, -0.1) is 0 Å². The second-order valence-corrected chi connectivity index (χ2v) is 5.27. The Kier molecular flexibility index (Phi) is 6.98. The summed E-state index contributed by atoms with van der Waals surface area (Å²) in [5, 5.41) is 2.72. The van der Waals surface area contributed by atoms with Gasteiger partial charge < -0.3 is 9.47 Å². The summed E-state index contributed by atoms with van der Waals surface area (Å²) in [7, 11) is 1.59. The molecule has 126 valence electrons. The molecule has 0 atom stereocenters. The number of amidine groups is 1. The summed E-state index contributed by atoms with van der Waals surface area (Å²) >= 11 is 0. The van der Waals surface area contributed by atoms with Gasteiger partial charge in [0.15, 0.2) is 0 Å². The first-order valence-electron chi connectivity index (χ1n) is 7.77. The third-order valence-corrected chi connectivity index (χ3v) is 3.28. The molecule has 0 bridgehead atoms. The predicted molar refractivity (Wildman–Crippen MR) is 94.1 cm³/mol. The highest BCUT2D eigenvalue weighted by Crippen LogP contribution is 2.04. The zero-order chi connectivity index (χ0) is 17.2. The van der Waals surface area contributed by atoms with Crippen molar-refractivity contribution in [3.63, 3.8) is 0 Å². The average molecular weight is 326 g/mol. The molecule has 0 aliphatic carbocycles. The number of ether oxygens (including phenoxy) is 2. The maximum atomic E-state index is 12.3. The Morgan fingerprint density at radius 2 is 1.88 bits per heavy atom. The zero-order valence-electron chi connectivity index (χ0n) is 14.0. The second-order valence-electron chi connectivity index (χ2n) is 5.27. The van der Waals surface area contributed by atoms with Crippen LogP contribution in [0.2, 0.25) is 0 Å². The Hall–Kier alpha value is -2.66. The van der Waals surface area contributed by atoms with E-state index >= 15 is 0 Å². The quantitative estimate of drug-likeness (QED) is 0.504. The predicted octanol–water partition coefficient (Wildman–Crippen LogP) is 2.94. The van der Waals surface area contributed by atoms with Crippen molar-refractivity contribution >= 4 is 11.9 Å². The largest absolute Gasteiger partial charge is 0.463 e. The van der Waals surface area contributed by atoms with Crippen LogP contribution in [0.15, 0.2) is 59.6 Å². The van der Waals surface area contributed by atoms with Crippen LogP contribution in [0.4, 0.5) is 0 Å². The maximum Gasteiger partial charge on any atom is 0.292 e. The van der Waals surface area contributed by atoms with E-state index in [4.69, 9.17) is 9.47 Å². The lowest BCUT2D eigenvalue weighted by Crippen LogP contribution is -2.33. The molecule has 5 nitrogen and oxygen atoms in total. The first-order valence-corrected chi connectivity index (χ1v) is 7.77. The maximum absolute atomic E-state index is 12.3. The van der Waals surface area contributed by atoms with E-state index in [0.29, 0.717) is 25.3 Å². The van der Waals surface area contributed by atoms with Crippen molar-refractivity contribution in [2.45, 2.75) is 13.5 Å². The highest BCUT2D eigenvalue weighted by molar-refractivity contribution is 6.04. The van der Waals surface area contributed by atoms with Crippen molar-refractivity contribution in [2.75, 3.05) is 20.3 Å². The first kappa shape index (κ1) is 17.7. The fourth-order valence-electron chi connectivity index (χ4n) is 2.05. The van der Waals surface area contributed by atoms with Crippen LogP contribution in [0, 0.1) is 6.92 Å². The number of carbonyl (C=O) groups excluding carboxylic acids is 1. The average Bonchev–Trinajstić information content (AvgIpc) is 2.60. The topological polar surface area (TPSA) is 59.9 Å². The van der Waals surface area contributed by atoms with Gasteiger partial charge in [0.05, 0.1) is 13.2 Å². The van der Waals surface area contributed by atoms with Crippen LogP contribution < -0.4 is 5.32 Å². The Bertz CT molecular complexity index is 684. The van der Waals surface area contributed by atoms with Crippen molar-refractivity contribution in [2.24, 2.45) is 4.99 Å². The van der Waals surface area contributed by atoms with Crippen molar-refractivity contribution < 1.29 is 14.3 Å². The van der Waals surface area contributed by atoms with E-state index in [1.54, 1.807) is 13.2 Å². The van der Waals surface area contributed by atoms with Crippen LogP contribution in [0.1, 0.15) is 21.5 Å². The molecule has 2 aromatic carbocycles. The summed E-state index contributed by atoms with van der Waals surface area (Å²) < 4.78 is 10.5. The van der Waals surface area contributed by atoms with Crippen LogP contribution in [0.25, 0.3) is 0 Å². The van der Waals surface area contributed by atoms with Crippen LogP contribution in [0.3, 0.4) is 0 Å². The first-order chi connectivity index (χ1) is 11.7. The van der Waals surface area contributed by atoms with Crippen molar-refractivity contribution in [3.05, 3.63) is 71.3 Å². The number of amides is 1. The molecule has 0 aromatic heterocycles. The number of nitrogens with one attached hydrogen (secondary N) is 1. The van der Waals surface area contributed by atoms with Crippen LogP contribution in [-0.4, -0.2) is 32.3 Å². The lowest BCUT2D eigenvalue weighted by molar-refractivity contribution is 0.0953. The van der Waals surface area contributed by atoms with E-state index in [9.17, 15) is 4.79 Å². The number of aryl methyl sites for hydroxylation is 1. The number of benzene rings is 2. The van der Waals surface area contributed by atoms with E-state index in [1.165, 1.54) is 0 Å². The molecule has 0 fully saturated rings. The van der Waals surface area contributed by atoms with Gasteiger partial charge >= 0.3 is 0 Å². The highest BCUT2D eigenvalue weighted by atomic mass is 16.5. The normalized spacial score (nSPS) is 11.2. The minimum Gasteiger partial charge on any atom is -0.463 e. The summed E-state index contributed by atoms with van der Waals surface area (Å²) in [6.07, 6.45) is 0. The van der Waals surface area contributed by atoms with Gasteiger partial charge in [0, 0.05) is 12.7 Å². The van der Waals surface area contributed by atoms with Gasteiger partial charge in [-0.2, -0.15) is 0 Å².